The highest BCUT2D eigenvalue weighted by atomic mass is 19.1. The van der Waals surface area contributed by atoms with Crippen molar-refractivity contribution in [2.75, 3.05) is 18.8 Å². The third-order valence-corrected chi connectivity index (χ3v) is 8.17. The maximum absolute atomic E-state index is 15.0. The molecular weight excluding hydrogens is 550 g/mol. The molecule has 0 saturated carbocycles. The van der Waals surface area contributed by atoms with Gasteiger partial charge >= 0.3 is 0 Å². The predicted molar refractivity (Wildman–Crippen MR) is 162 cm³/mol. The van der Waals surface area contributed by atoms with Gasteiger partial charge in [0.1, 0.15) is 29.2 Å². The van der Waals surface area contributed by atoms with Crippen molar-refractivity contribution in [3.05, 3.63) is 100 Å². The zero-order valence-corrected chi connectivity index (χ0v) is 24.4. The van der Waals surface area contributed by atoms with Gasteiger partial charge in [-0.2, -0.15) is 5.10 Å². The van der Waals surface area contributed by atoms with Gasteiger partial charge in [0.2, 0.25) is 0 Å². The summed E-state index contributed by atoms with van der Waals surface area (Å²) in [5.74, 6) is 0.305. The van der Waals surface area contributed by atoms with E-state index in [1.165, 1.54) is 29.1 Å². The molecule has 1 aliphatic carbocycles. The standard InChI is InChI=1S/C34H34F2N4O3/c1-20(2)39-11-9-27(10-12-39)42-32-17-23-15-24(14-22(23)16-30(32)36)33(41)29-19-38-40(34(29)37)26-7-8-31(21(3)13-26)43-28-6-4-5-25(35)18-28/h4-8,13,15-20,27H,9-12,14,37H2,1-3H3. The Kier molecular flexibility index (Phi) is 7.75. The van der Waals surface area contributed by atoms with Crippen LogP contribution < -0.4 is 15.2 Å². The highest BCUT2D eigenvalue weighted by Gasteiger charge is 2.27. The molecule has 0 bridgehead atoms. The van der Waals surface area contributed by atoms with E-state index in [1.54, 1.807) is 36.4 Å². The van der Waals surface area contributed by atoms with Crippen LogP contribution in [-0.4, -0.2) is 45.7 Å². The monoisotopic (exact) mass is 584 g/mol. The largest absolute Gasteiger partial charge is 0.487 e. The molecule has 2 N–H and O–H groups in total. The van der Waals surface area contributed by atoms with E-state index in [0.717, 1.165) is 42.6 Å². The number of ketones is 1. The lowest BCUT2D eigenvalue weighted by molar-refractivity contribution is 0.0815. The van der Waals surface area contributed by atoms with Crippen molar-refractivity contribution >= 4 is 17.7 Å². The number of rotatable bonds is 8. The predicted octanol–water partition coefficient (Wildman–Crippen LogP) is 6.91. The topological polar surface area (TPSA) is 82.6 Å². The number of anilines is 1. The average Bonchev–Trinajstić information content (AvgIpc) is 3.57. The first-order valence-electron chi connectivity index (χ1n) is 14.5. The number of hydrogen-bond donors (Lipinski definition) is 1. The minimum Gasteiger partial charge on any atom is -0.487 e. The van der Waals surface area contributed by atoms with Crippen LogP contribution in [0, 0.1) is 18.6 Å². The summed E-state index contributed by atoms with van der Waals surface area (Å²) < 4.78 is 41.9. The van der Waals surface area contributed by atoms with Crippen LogP contribution in [-0.2, 0) is 6.42 Å². The molecule has 9 heteroatoms. The highest BCUT2D eigenvalue weighted by Crippen LogP contribution is 2.35. The van der Waals surface area contributed by atoms with Gasteiger partial charge in [0.05, 0.1) is 17.4 Å². The quantitative estimate of drug-likeness (QED) is 0.227. The lowest BCUT2D eigenvalue weighted by atomic mass is 10.0. The number of aromatic nitrogens is 2. The minimum atomic E-state index is -0.417. The molecule has 4 aromatic rings. The molecule has 0 radical (unpaired) electrons. The molecule has 0 amide bonds. The fraction of sp³-hybridized carbons (Fsp3) is 0.294. The van der Waals surface area contributed by atoms with Crippen LogP contribution in [0.25, 0.3) is 11.8 Å². The summed E-state index contributed by atoms with van der Waals surface area (Å²) in [5.41, 5.74) is 10.1. The molecule has 7 nitrogen and oxygen atoms in total. The second-order valence-corrected chi connectivity index (χ2v) is 11.5. The van der Waals surface area contributed by atoms with Crippen LogP contribution >= 0.6 is 0 Å². The molecular formula is C34H34F2N4O3. The number of benzene rings is 3. The fourth-order valence-corrected chi connectivity index (χ4v) is 5.72. The van der Waals surface area contributed by atoms with Gasteiger partial charge in [-0.25, -0.2) is 13.5 Å². The number of nitrogens with two attached hydrogens (primary N) is 1. The number of likely N-dealkylation sites (tertiary alicyclic amines) is 1. The van der Waals surface area contributed by atoms with Crippen LogP contribution in [0.1, 0.15) is 53.7 Å². The number of aryl methyl sites for hydroxylation is 1. The highest BCUT2D eigenvalue weighted by molar-refractivity contribution is 6.15. The van der Waals surface area contributed by atoms with Crippen LogP contribution in [0.3, 0.4) is 0 Å². The lowest BCUT2D eigenvalue weighted by Gasteiger charge is -2.34. The molecule has 1 aromatic heterocycles. The number of carbonyl (C=O) groups is 1. The van der Waals surface area contributed by atoms with E-state index in [4.69, 9.17) is 15.2 Å². The Balaban J connectivity index is 1.16. The molecule has 1 fully saturated rings. The van der Waals surface area contributed by atoms with E-state index in [9.17, 15) is 9.18 Å². The lowest BCUT2D eigenvalue weighted by Crippen LogP contribution is -2.41. The van der Waals surface area contributed by atoms with Crippen molar-refractivity contribution in [2.24, 2.45) is 0 Å². The van der Waals surface area contributed by atoms with Crippen LogP contribution in [0.2, 0.25) is 0 Å². The number of ether oxygens (including phenoxy) is 2. The Bertz CT molecular complexity index is 1720. The number of hydrogen-bond acceptors (Lipinski definition) is 6. The van der Waals surface area contributed by atoms with Crippen molar-refractivity contribution in [1.29, 1.82) is 0 Å². The first-order chi connectivity index (χ1) is 20.7. The average molecular weight is 585 g/mol. The van der Waals surface area contributed by atoms with E-state index in [-0.39, 0.29) is 34.8 Å². The van der Waals surface area contributed by atoms with Gasteiger partial charge < -0.3 is 20.1 Å². The number of piperidine rings is 1. The summed E-state index contributed by atoms with van der Waals surface area (Å²) in [7, 11) is 0. The minimum absolute atomic E-state index is 0.0368. The van der Waals surface area contributed by atoms with Gasteiger partial charge in [-0.1, -0.05) is 6.07 Å². The van der Waals surface area contributed by atoms with Gasteiger partial charge in [-0.3, -0.25) is 4.79 Å². The number of nitrogens with zero attached hydrogens (tertiary/aromatic N) is 3. The normalized spacial score (nSPS) is 15.4. The van der Waals surface area contributed by atoms with E-state index < -0.39 is 5.82 Å². The number of fused-ring (bicyclic) bond motifs is 1. The molecule has 1 saturated heterocycles. The Morgan fingerprint density at radius 1 is 1.05 bits per heavy atom. The third kappa shape index (κ3) is 5.90. The number of halogens is 2. The molecule has 2 heterocycles. The van der Waals surface area contributed by atoms with Gasteiger partial charge in [0.15, 0.2) is 17.3 Å². The molecule has 222 valence electrons. The maximum Gasteiger partial charge on any atom is 0.194 e. The van der Waals surface area contributed by atoms with Gasteiger partial charge in [0, 0.05) is 37.2 Å². The molecule has 0 unspecified atom stereocenters. The number of Topliss-reactive ketones (excluding diaryl/α,β-unsaturated/α-hetero) is 1. The summed E-state index contributed by atoms with van der Waals surface area (Å²) in [6, 6.07) is 14.9. The number of nitrogen functional groups attached to an aromatic ring is 1. The van der Waals surface area contributed by atoms with E-state index in [1.807, 2.05) is 13.0 Å². The van der Waals surface area contributed by atoms with Crippen molar-refractivity contribution in [2.45, 2.75) is 52.2 Å². The zero-order valence-electron chi connectivity index (χ0n) is 24.4. The van der Waals surface area contributed by atoms with Gasteiger partial charge in [-0.05, 0) is 98.8 Å². The summed E-state index contributed by atoms with van der Waals surface area (Å²) in [4.78, 5) is 15.9. The van der Waals surface area contributed by atoms with Crippen LogP contribution in [0.5, 0.6) is 17.2 Å². The van der Waals surface area contributed by atoms with Crippen LogP contribution in [0.4, 0.5) is 14.6 Å². The van der Waals surface area contributed by atoms with Crippen LogP contribution in [0.15, 0.2) is 66.4 Å². The first-order valence-corrected chi connectivity index (χ1v) is 14.5. The molecule has 1 aliphatic heterocycles. The van der Waals surface area contributed by atoms with E-state index in [2.05, 4.69) is 23.8 Å². The summed E-state index contributed by atoms with van der Waals surface area (Å²) in [6.07, 6.45) is 5.19. The summed E-state index contributed by atoms with van der Waals surface area (Å²) in [5, 5.41) is 4.37. The van der Waals surface area contributed by atoms with Crippen molar-refractivity contribution in [3.63, 3.8) is 0 Å². The van der Waals surface area contributed by atoms with E-state index >= 15 is 4.39 Å². The van der Waals surface area contributed by atoms with E-state index in [0.29, 0.717) is 35.2 Å². The van der Waals surface area contributed by atoms with Gasteiger partial charge in [0.25, 0.3) is 0 Å². The van der Waals surface area contributed by atoms with Gasteiger partial charge in [-0.15, -0.1) is 0 Å². The number of carbonyl (C=O) groups excluding carboxylic acids is 1. The maximum atomic E-state index is 15.0. The third-order valence-electron chi connectivity index (χ3n) is 8.17. The number of allylic oxidation sites excluding steroid dienone is 1. The Labute approximate surface area is 249 Å². The van der Waals surface area contributed by atoms with Crippen molar-refractivity contribution in [1.82, 2.24) is 14.7 Å². The fourth-order valence-electron chi connectivity index (χ4n) is 5.72. The molecule has 43 heavy (non-hydrogen) atoms. The molecule has 0 spiro atoms. The molecule has 2 aliphatic rings. The van der Waals surface area contributed by atoms with Crippen molar-refractivity contribution in [3.8, 4) is 22.9 Å². The smallest absolute Gasteiger partial charge is 0.194 e. The molecule has 3 aromatic carbocycles. The van der Waals surface area contributed by atoms with Crippen molar-refractivity contribution < 1.29 is 23.0 Å². The molecule has 0 atom stereocenters. The SMILES string of the molecule is Cc1cc(-n2ncc(C(=O)C3=Cc4cc(OC5CCN(C(C)C)CC5)c(F)cc4C3)c2N)ccc1Oc1cccc(F)c1. The Morgan fingerprint density at radius 2 is 1.84 bits per heavy atom. The second-order valence-electron chi connectivity index (χ2n) is 11.5. The molecule has 6 rings (SSSR count). The summed E-state index contributed by atoms with van der Waals surface area (Å²) >= 11 is 0. The zero-order chi connectivity index (χ0) is 30.2. The summed E-state index contributed by atoms with van der Waals surface area (Å²) in [6.45, 7) is 8.06. The Hall–Kier alpha value is -4.50. The first kappa shape index (κ1) is 28.6. The Morgan fingerprint density at radius 3 is 2.56 bits per heavy atom. The second kappa shape index (κ2) is 11.6.